The van der Waals surface area contributed by atoms with Gasteiger partial charge in [0.25, 0.3) is 0 Å². The van der Waals surface area contributed by atoms with Gasteiger partial charge in [-0.15, -0.1) is 10.2 Å². The maximum Gasteiger partial charge on any atom is 0.224 e. The highest BCUT2D eigenvalue weighted by atomic mass is 16.1. The summed E-state index contributed by atoms with van der Waals surface area (Å²) in [4.78, 5) is 12.2. The molecule has 0 aliphatic heterocycles. The lowest BCUT2D eigenvalue weighted by molar-refractivity contribution is -0.120. The number of fused-ring (bicyclic) bond motifs is 2. The number of carbonyl (C=O) groups is 1. The van der Waals surface area contributed by atoms with E-state index in [1.807, 2.05) is 28.8 Å². The van der Waals surface area contributed by atoms with Gasteiger partial charge in [0.05, 0.1) is 13.0 Å². The zero-order valence-electron chi connectivity index (χ0n) is 13.5. The van der Waals surface area contributed by atoms with E-state index >= 15 is 0 Å². The van der Waals surface area contributed by atoms with Gasteiger partial charge in [-0.1, -0.05) is 24.3 Å². The quantitative estimate of drug-likeness (QED) is 0.803. The maximum absolute atomic E-state index is 12.2. The van der Waals surface area contributed by atoms with Crippen LogP contribution < -0.4 is 5.32 Å². The van der Waals surface area contributed by atoms with Crippen molar-refractivity contribution in [3.05, 3.63) is 65.1 Å². The molecule has 4 rings (SSSR count). The normalized spacial score (nSPS) is 13.7. The SMILES string of the molecule is O=C(Cc1ccc2c(c1)CCCC2)NCc1nnc2ccccn12. The topological polar surface area (TPSA) is 59.3 Å². The van der Waals surface area contributed by atoms with Crippen LogP contribution in [-0.4, -0.2) is 20.5 Å². The molecule has 0 atom stereocenters. The molecule has 1 N–H and O–H groups in total. The number of nitrogens with one attached hydrogen (secondary N) is 1. The highest BCUT2D eigenvalue weighted by molar-refractivity contribution is 5.78. The summed E-state index contributed by atoms with van der Waals surface area (Å²) < 4.78 is 1.89. The molecule has 0 spiro atoms. The average Bonchev–Trinajstić information content (AvgIpc) is 3.03. The zero-order valence-corrected chi connectivity index (χ0v) is 13.5. The molecular formula is C19H20N4O. The summed E-state index contributed by atoms with van der Waals surface area (Å²) >= 11 is 0. The molecule has 3 aromatic rings. The van der Waals surface area contributed by atoms with E-state index in [0.717, 1.165) is 23.5 Å². The predicted octanol–water partition coefficient (Wildman–Crippen LogP) is 2.47. The number of carbonyl (C=O) groups excluding carboxylic acids is 1. The van der Waals surface area contributed by atoms with E-state index in [1.165, 1.54) is 30.4 Å². The van der Waals surface area contributed by atoms with Crippen molar-refractivity contribution in [1.82, 2.24) is 19.9 Å². The molecule has 0 saturated carbocycles. The van der Waals surface area contributed by atoms with Crippen LogP contribution in [0.3, 0.4) is 0 Å². The largest absolute Gasteiger partial charge is 0.348 e. The van der Waals surface area contributed by atoms with E-state index in [9.17, 15) is 4.79 Å². The van der Waals surface area contributed by atoms with E-state index in [4.69, 9.17) is 0 Å². The molecular weight excluding hydrogens is 300 g/mol. The molecule has 0 bridgehead atoms. The number of hydrogen-bond donors (Lipinski definition) is 1. The van der Waals surface area contributed by atoms with Crippen molar-refractivity contribution in [3.8, 4) is 0 Å². The van der Waals surface area contributed by atoms with Crippen LogP contribution in [0.25, 0.3) is 5.65 Å². The van der Waals surface area contributed by atoms with Crippen LogP contribution in [0.2, 0.25) is 0 Å². The van der Waals surface area contributed by atoms with Crippen molar-refractivity contribution < 1.29 is 4.79 Å². The van der Waals surface area contributed by atoms with E-state index in [-0.39, 0.29) is 5.91 Å². The van der Waals surface area contributed by atoms with Gasteiger partial charge in [-0.25, -0.2) is 0 Å². The Bertz CT molecular complexity index is 884. The molecule has 1 aliphatic carbocycles. The molecule has 0 saturated heterocycles. The zero-order chi connectivity index (χ0) is 16.4. The molecule has 122 valence electrons. The minimum Gasteiger partial charge on any atom is -0.348 e. The summed E-state index contributed by atoms with van der Waals surface area (Å²) in [5, 5.41) is 11.2. The van der Waals surface area contributed by atoms with Crippen molar-refractivity contribution in [2.45, 2.75) is 38.6 Å². The molecule has 0 unspecified atom stereocenters. The second-order valence-electron chi connectivity index (χ2n) is 6.31. The van der Waals surface area contributed by atoms with Gasteiger partial charge in [-0.2, -0.15) is 0 Å². The Labute approximate surface area is 140 Å². The summed E-state index contributed by atoms with van der Waals surface area (Å²) in [6.45, 7) is 0.384. The van der Waals surface area contributed by atoms with Crippen LogP contribution in [0.15, 0.2) is 42.6 Å². The van der Waals surface area contributed by atoms with E-state index < -0.39 is 0 Å². The number of aromatic nitrogens is 3. The molecule has 1 aliphatic rings. The van der Waals surface area contributed by atoms with Crippen molar-refractivity contribution in [2.24, 2.45) is 0 Å². The third-order valence-electron chi connectivity index (χ3n) is 4.61. The van der Waals surface area contributed by atoms with Gasteiger partial charge in [-0.05, 0) is 54.5 Å². The number of aryl methyl sites for hydroxylation is 2. The standard InChI is InChI=1S/C19H20N4O/c24-19(12-14-8-9-15-5-1-2-6-16(15)11-14)20-13-18-22-21-17-7-3-4-10-23(17)18/h3-4,7-11H,1-2,5-6,12-13H2,(H,20,24). The fraction of sp³-hybridized carbons (Fsp3) is 0.316. The van der Waals surface area contributed by atoms with Crippen LogP contribution in [0.5, 0.6) is 0 Å². The van der Waals surface area contributed by atoms with Crippen LogP contribution in [0.1, 0.15) is 35.4 Å². The Kier molecular flexibility index (Phi) is 3.99. The van der Waals surface area contributed by atoms with E-state index in [0.29, 0.717) is 13.0 Å². The van der Waals surface area contributed by atoms with Gasteiger partial charge in [0.2, 0.25) is 5.91 Å². The summed E-state index contributed by atoms with van der Waals surface area (Å²) in [6, 6.07) is 12.2. The average molecular weight is 320 g/mol. The fourth-order valence-electron chi connectivity index (χ4n) is 3.33. The van der Waals surface area contributed by atoms with Crippen LogP contribution in [-0.2, 0) is 30.6 Å². The van der Waals surface area contributed by atoms with Crippen molar-refractivity contribution in [1.29, 1.82) is 0 Å². The van der Waals surface area contributed by atoms with Gasteiger partial charge in [0.15, 0.2) is 11.5 Å². The first-order valence-electron chi connectivity index (χ1n) is 8.45. The fourth-order valence-corrected chi connectivity index (χ4v) is 3.33. The highest BCUT2D eigenvalue weighted by Crippen LogP contribution is 2.22. The van der Waals surface area contributed by atoms with Crippen LogP contribution in [0, 0.1) is 0 Å². The monoisotopic (exact) mass is 320 g/mol. The Morgan fingerprint density at radius 3 is 2.88 bits per heavy atom. The predicted molar refractivity (Wildman–Crippen MR) is 91.6 cm³/mol. The summed E-state index contributed by atoms with van der Waals surface area (Å²) in [5.74, 6) is 0.753. The first kappa shape index (κ1) is 14.9. The lowest BCUT2D eigenvalue weighted by Gasteiger charge is -2.16. The molecule has 5 nitrogen and oxygen atoms in total. The van der Waals surface area contributed by atoms with Gasteiger partial charge in [0.1, 0.15) is 0 Å². The summed E-state index contributed by atoms with van der Waals surface area (Å²) in [6.07, 6.45) is 7.14. The molecule has 1 aromatic carbocycles. The van der Waals surface area contributed by atoms with Gasteiger partial charge < -0.3 is 5.32 Å². The third-order valence-corrected chi connectivity index (χ3v) is 4.61. The van der Waals surface area contributed by atoms with Gasteiger partial charge in [-0.3, -0.25) is 9.20 Å². The van der Waals surface area contributed by atoms with Gasteiger partial charge >= 0.3 is 0 Å². The Morgan fingerprint density at radius 2 is 1.96 bits per heavy atom. The first-order chi connectivity index (χ1) is 11.8. The lowest BCUT2D eigenvalue weighted by atomic mass is 9.90. The highest BCUT2D eigenvalue weighted by Gasteiger charge is 2.12. The molecule has 2 heterocycles. The minimum atomic E-state index is 0.0124. The van der Waals surface area contributed by atoms with E-state index in [1.54, 1.807) is 0 Å². The van der Waals surface area contributed by atoms with Crippen molar-refractivity contribution in [2.75, 3.05) is 0 Å². The molecule has 2 aromatic heterocycles. The summed E-state index contributed by atoms with van der Waals surface area (Å²) in [7, 11) is 0. The number of hydrogen-bond acceptors (Lipinski definition) is 3. The smallest absolute Gasteiger partial charge is 0.224 e. The maximum atomic E-state index is 12.2. The Hall–Kier alpha value is -2.69. The first-order valence-corrected chi connectivity index (χ1v) is 8.45. The number of pyridine rings is 1. The number of benzene rings is 1. The molecule has 24 heavy (non-hydrogen) atoms. The lowest BCUT2D eigenvalue weighted by Crippen LogP contribution is -2.25. The second kappa shape index (κ2) is 6.43. The minimum absolute atomic E-state index is 0.0124. The molecule has 0 fully saturated rings. The number of rotatable bonds is 4. The molecule has 0 radical (unpaired) electrons. The number of amides is 1. The van der Waals surface area contributed by atoms with Gasteiger partial charge in [0, 0.05) is 6.20 Å². The van der Waals surface area contributed by atoms with Crippen molar-refractivity contribution >= 4 is 11.6 Å². The number of nitrogens with zero attached hydrogens (tertiary/aromatic N) is 3. The van der Waals surface area contributed by atoms with E-state index in [2.05, 4.69) is 33.7 Å². The third kappa shape index (κ3) is 3.02. The Morgan fingerprint density at radius 1 is 1.08 bits per heavy atom. The van der Waals surface area contributed by atoms with Crippen LogP contribution in [0.4, 0.5) is 0 Å². The second-order valence-corrected chi connectivity index (χ2v) is 6.31. The molecule has 1 amide bonds. The summed E-state index contributed by atoms with van der Waals surface area (Å²) in [5.41, 5.74) is 4.73. The van der Waals surface area contributed by atoms with Crippen molar-refractivity contribution in [3.63, 3.8) is 0 Å². The molecule has 5 heteroatoms. The Balaban J connectivity index is 1.40. The van der Waals surface area contributed by atoms with Crippen LogP contribution >= 0.6 is 0 Å².